The molecule has 2 fully saturated rings. The van der Waals surface area contributed by atoms with E-state index in [1.807, 2.05) is 0 Å². The van der Waals surface area contributed by atoms with Crippen molar-refractivity contribution in [3.05, 3.63) is 0 Å². The molecule has 0 aromatic heterocycles. The Labute approximate surface area is 104 Å². The van der Waals surface area contributed by atoms with Crippen LogP contribution in [-0.2, 0) is 0 Å². The van der Waals surface area contributed by atoms with Gasteiger partial charge >= 0.3 is 0 Å². The quantitative estimate of drug-likeness (QED) is 0.688. The summed E-state index contributed by atoms with van der Waals surface area (Å²) in [6.45, 7) is 6.81. The van der Waals surface area contributed by atoms with Crippen LogP contribution in [0.2, 0.25) is 0 Å². The Morgan fingerprint density at radius 3 is 2.29 bits per heavy atom. The molecule has 5 atom stereocenters. The lowest BCUT2D eigenvalue weighted by Crippen LogP contribution is -2.49. The van der Waals surface area contributed by atoms with Crippen LogP contribution >= 0.6 is 0 Å². The van der Waals surface area contributed by atoms with Crippen molar-refractivity contribution in [2.24, 2.45) is 22.7 Å². The zero-order chi connectivity index (χ0) is 12.8. The second-order valence-electron chi connectivity index (χ2n) is 7.23. The average molecular weight is 242 g/mol. The molecule has 3 heteroatoms. The van der Waals surface area contributed by atoms with E-state index in [0.29, 0.717) is 12.3 Å². The average Bonchev–Trinajstić information content (AvgIpc) is 2.53. The number of aliphatic hydroxyl groups excluding tert-OH is 3. The molecule has 0 spiro atoms. The van der Waals surface area contributed by atoms with Gasteiger partial charge in [-0.05, 0) is 48.3 Å². The molecule has 0 radical (unpaired) electrons. The minimum absolute atomic E-state index is 0.0220. The molecule has 2 aliphatic rings. The van der Waals surface area contributed by atoms with Gasteiger partial charge in [-0.15, -0.1) is 0 Å². The summed E-state index contributed by atoms with van der Waals surface area (Å²) in [4.78, 5) is 0. The van der Waals surface area contributed by atoms with E-state index in [1.54, 1.807) is 0 Å². The van der Waals surface area contributed by atoms with Gasteiger partial charge < -0.3 is 15.3 Å². The van der Waals surface area contributed by atoms with E-state index < -0.39 is 12.2 Å². The molecule has 0 aromatic rings. The highest BCUT2D eigenvalue weighted by Gasteiger charge is 2.55. The molecule has 2 aliphatic carbocycles. The van der Waals surface area contributed by atoms with E-state index in [4.69, 9.17) is 0 Å². The Balaban J connectivity index is 2.26. The summed E-state index contributed by atoms with van der Waals surface area (Å²) in [7, 11) is 0. The predicted molar refractivity (Wildman–Crippen MR) is 66.4 cm³/mol. The zero-order valence-electron chi connectivity index (χ0n) is 11.2. The summed E-state index contributed by atoms with van der Waals surface area (Å²) >= 11 is 0. The van der Waals surface area contributed by atoms with Crippen molar-refractivity contribution in [3.63, 3.8) is 0 Å². The van der Waals surface area contributed by atoms with Crippen LogP contribution in [0.25, 0.3) is 0 Å². The van der Waals surface area contributed by atoms with Crippen molar-refractivity contribution in [1.82, 2.24) is 0 Å². The third-order valence-corrected chi connectivity index (χ3v) is 5.16. The van der Waals surface area contributed by atoms with Gasteiger partial charge in [-0.3, -0.25) is 0 Å². The SMILES string of the molecule is CC1(C)C[C@H]2[C@H](O)[C@H](O)C[C@](C)(CCO)[C@H]2C1. The van der Waals surface area contributed by atoms with Gasteiger partial charge in [0.2, 0.25) is 0 Å². The van der Waals surface area contributed by atoms with Gasteiger partial charge in [-0.25, -0.2) is 0 Å². The fourth-order valence-electron chi connectivity index (χ4n) is 4.31. The topological polar surface area (TPSA) is 60.7 Å². The molecule has 3 N–H and O–H groups in total. The molecule has 0 bridgehead atoms. The van der Waals surface area contributed by atoms with E-state index in [2.05, 4.69) is 20.8 Å². The first-order valence-electron chi connectivity index (χ1n) is 6.76. The molecule has 2 saturated carbocycles. The van der Waals surface area contributed by atoms with E-state index in [0.717, 1.165) is 19.3 Å². The monoisotopic (exact) mass is 242 g/mol. The van der Waals surface area contributed by atoms with E-state index in [-0.39, 0.29) is 23.4 Å². The van der Waals surface area contributed by atoms with E-state index >= 15 is 0 Å². The molecule has 0 aliphatic heterocycles. The van der Waals surface area contributed by atoms with Gasteiger partial charge in [0.25, 0.3) is 0 Å². The van der Waals surface area contributed by atoms with Gasteiger partial charge in [0.1, 0.15) is 0 Å². The Morgan fingerprint density at radius 2 is 1.71 bits per heavy atom. The zero-order valence-corrected chi connectivity index (χ0v) is 11.2. The molecule has 2 rings (SSSR count). The third-order valence-electron chi connectivity index (χ3n) is 5.16. The predicted octanol–water partition coefficient (Wildman–Crippen LogP) is 1.55. The van der Waals surface area contributed by atoms with Crippen LogP contribution in [0.3, 0.4) is 0 Å². The van der Waals surface area contributed by atoms with Crippen LogP contribution in [-0.4, -0.2) is 34.1 Å². The summed E-state index contributed by atoms with van der Waals surface area (Å²) in [5.41, 5.74) is 0.225. The molecule has 0 heterocycles. The van der Waals surface area contributed by atoms with E-state index in [1.165, 1.54) is 0 Å². The number of hydrogen-bond donors (Lipinski definition) is 3. The standard InChI is InChI=1S/C14H26O3/c1-13(2)6-9-10(7-13)14(3,4-5-15)8-11(16)12(9)17/h9-12,15-17H,4-8H2,1-3H3/t9-,10+,11-,12+,14+/m1/s1. The molecular weight excluding hydrogens is 216 g/mol. The molecule has 17 heavy (non-hydrogen) atoms. The summed E-state index contributed by atoms with van der Waals surface area (Å²) in [6, 6.07) is 0. The van der Waals surface area contributed by atoms with Crippen LogP contribution < -0.4 is 0 Å². The summed E-state index contributed by atoms with van der Waals surface area (Å²) in [6.07, 6.45) is 2.23. The third kappa shape index (κ3) is 2.25. The lowest BCUT2D eigenvalue weighted by atomic mass is 9.60. The second-order valence-corrected chi connectivity index (χ2v) is 7.23. The fourth-order valence-corrected chi connectivity index (χ4v) is 4.31. The molecule has 0 aromatic carbocycles. The first-order valence-corrected chi connectivity index (χ1v) is 6.76. The van der Waals surface area contributed by atoms with E-state index in [9.17, 15) is 15.3 Å². The fraction of sp³-hybridized carbons (Fsp3) is 1.00. The van der Waals surface area contributed by atoms with Gasteiger partial charge in [0.15, 0.2) is 0 Å². The Hall–Kier alpha value is -0.120. The smallest absolute Gasteiger partial charge is 0.0830 e. The lowest BCUT2D eigenvalue weighted by Gasteiger charge is -2.47. The van der Waals surface area contributed by atoms with Crippen LogP contribution in [0.15, 0.2) is 0 Å². The van der Waals surface area contributed by atoms with Crippen molar-refractivity contribution >= 4 is 0 Å². The van der Waals surface area contributed by atoms with Gasteiger partial charge in [-0.2, -0.15) is 0 Å². The van der Waals surface area contributed by atoms with Crippen LogP contribution in [0.4, 0.5) is 0 Å². The van der Waals surface area contributed by atoms with Crippen LogP contribution in [0.1, 0.15) is 46.5 Å². The molecule has 0 amide bonds. The number of fused-ring (bicyclic) bond motifs is 1. The lowest BCUT2D eigenvalue weighted by molar-refractivity contribution is -0.115. The number of rotatable bonds is 2. The Bertz CT molecular complexity index is 289. The maximum Gasteiger partial charge on any atom is 0.0830 e. The van der Waals surface area contributed by atoms with Gasteiger partial charge in [0, 0.05) is 6.61 Å². The second kappa shape index (κ2) is 4.22. The highest BCUT2D eigenvalue weighted by Crippen LogP contribution is 2.58. The molecule has 3 nitrogen and oxygen atoms in total. The summed E-state index contributed by atoms with van der Waals surface area (Å²) < 4.78 is 0. The molecule has 0 unspecified atom stereocenters. The minimum atomic E-state index is -0.623. The largest absolute Gasteiger partial charge is 0.396 e. The van der Waals surface area contributed by atoms with Crippen molar-refractivity contribution in [2.75, 3.05) is 6.61 Å². The first-order chi connectivity index (χ1) is 7.79. The van der Waals surface area contributed by atoms with Crippen molar-refractivity contribution in [2.45, 2.75) is 58.7 Å². The highest BCUT2D eigenvalue weighted by atomic mass is 16.3. The Morgan fingerprint density at radius 1 is 1.06 bits per heavy atom. The number of aliphatic hydroxyl groups is 3. The molecule has 0 saturated heterocycles. The maximum atomic E-state index is 10.2. The van der Waals surface area contributed by atoms with Crippen molar-refractivity contribution in [3.8, 4) is 0 Å². The van der Waals surface area contributed by atoms with Crippen LogP contribution in [0.5, 0.6) is 0 Å². The van der Waals surface area contributed by atoms with Crippen LogP contribution in [0, 0.1) is 22.7 Å². The summed E-state index contributed by atoms with van der Waals surface area (Å²) in [5, 5.41) is 29.4. The maximum absolute atomic E-state index is 10.2. The van der Waals surface area contributed by atoms with Crippen molar-refractivity contribution in [1.29, 1.82) is 0 Å². The van der Waals surface area contributed by atoms with Crippen molar-refractivity contribution < 1.29 is 15.3 Å². The van der Waals surface area contributed by atoms with Gasteiger partial charge in [0.05, 0.1) is 12.2 Å². The highest BCUT2D eigenvalue weighted by molar-refractivity contribution is 5.05. The normalized spacial score (nSPS) is 49.1. The number of hydrogen-bond acceptors (Lipinski definition) is 3. The van der Waals surface area contributed by atoms with Gasteiger partial charge in [-0.1, -0.05) is 20.8 Å². The minimum Gasteiger partial charge on any atom is -0.396 e. The molecule has 100 valence electrons. The Kier molecular flexibility index (Phi) is 3.30. The summed E-state index contributed by atoms with van der Waals surface area (Å²) in [5.74, 6) is 0.633. The molecular formula is C14H26O3. The first kappa shape index (κ1) is 13.3.